The smallest absolute Gasteiger partial charge is 0.240 e. The maximum Gasteiger partial charge on any atom is 0.240 e. The number of hydrogen-bond donors (Lipinski definition) is 1. The summed E-state index contributed by atoms with van der Waals surface area (Å²) in [5.74, 6) is 1.61. The molecule has 0 bridgehead atoms. The molecule has 7 heteroatoms. The molecule has 0 aliphatic carbocycles. The second-order valence-corrected chi connectivity index (χ2v) is 4.58. The van der Waals surface area contributed by atoms with Crippen LogP contribution in [0.1, 0.15) is 12.7 Å². The molecule has 0 aromatic carbocycles. The van der Waals surface area contributed by atoms with Crippen molar-refractivity contribution in [3.63, 3.8) is 0 Å². The van der Waals surface area contributed by atoms with Crippen molar-refractivity contribution in [1.29, 1.82) is 0 Å². The zero-order valence-electron chi connectivity index (χ0n) is 11.5. The Kier molecular flexibility index (Phi) is 4.79. The lowest BCUT2D eigenvalue weighted by atomic mass is 10.4. The first-order valence-corrected chi connectivity index (χ1v) is 6.95. The maximum atomic E-state index is 11.8. The number of nitrogens with zero attached hydrogens (tertiary/aromatic N) is 3. The molecule has 0 unspecified atom stereocenters. The van der Waals surface area contributed by atoms with Crippen LogP contribution in [0.4, 0.5) is 0 Å². The van der Waals surface area contributed by atoms with Crippen LogP contribution in [-0.4, -0.2) is 40.0 Å². The van der Waals surface area contributed by atoms with Gasteiger partial charge in [0.1, 0.15) is 17.9 Å². The normalized spacial score (nSPS) is 10.8. The van der Waals surface area contributed by atoms with Crippen molar-refractivity contribution in [3.8, 4) is 5.88 Å². The monoisotopic (exact) mass is 296 g/mol. The highest BCUT2D eigenvalue weighted by atomic mass is 35.5. The molecule has 0 aliphatic heterocycles. The SMILES string of the molecule is CCNC(=O)Cn1c(CCCl)nc2ccc(OC)nc21. The number of carbonyl (C=O) groups is 1. The van der Waals surface area contributed by atoms with E-state index >= 15 is 0 Å². The van der Waals surface area contributed by atoms with Gasteiger partial charge in [0.05, 0.1) is 7.11 Å². The fourth-order valence-electron chi connectivity index (χ4n) is 1.98. The Labute approximate surface area is 122 Å². The van der Waals surface area contributed by atoms with E-state index in [1.165, 1.54) is 0 Å². The summed E-state index contributed by atoms with van der Waals surface area (Å²) >= 11 is 5.79. The Morgan fingerprint density at radius 1 is 1.45 bits per heavy atom. The first kappa shape index (κ1) is 14.6. The lowest BCUT2D eigenvalue weighted by molar-refractivity contribution is -0.121. The third-order valence-corrected chi connectivity index (χ3v) is 3.04. The number of amides is 1. The lowest BCUT2D eigenvalue weighted by Gasteiger charge is -2.08. The quantitative estimate of drug-likeness (QED) is 0.817. The standard InChI is InChI=1S/C13H17ClN4O2/c1-3-15-11(19)8-18-10(6-7-14)16-9-4-5-12(20-2)17-13(9)18/h4-5H,3,6-8H2,1-2H3,(H,15,19). The van der Waals surface area contributed by atoms with Crippen LogP contribution in [-0.2, 0) is 17.8 Å². The van der Waals surface area contributed by atoms with Gasteiger partial charge in [-0.05, 0) is 13.0 Å². The molecule has 0 saturated heterocycles. The molecule has 20 heavy (non-hydrogen) atoms. The van der Waals surface area contributed by atoms with Crippen molar-refractivity contribution >= 4 is 28.7 Å². The number of carbonyl (C=O) groups excluding carboxylic acids is 1. The van der Waals surface area contributed by atoms with E-state index in [9.17, 15) is 4.79 Å². The fourth-order valence-corrected chi connectivity index (χ4v) is 2.15. The predicted molar refractivity (Wildman–Crippen MR) is 77.2 cm³/mol. The topological polar surface area (TPSA) is 69.0 Å². The van der Waals surface area contributed by atoms with E-state index in [0.29, 0.717) is 30.4 Å². The summed E-state index contributed by atoms with van der Waals surface area (Å²) in [4.78, 5) is 20.6. The zero-order valence-corrected chi connectivity index (χ0v) is 12.3. The number of methoxy groups -OCH3 is 1. The molecule has 0 aliphatic rings. The molecule has 2 rings (SSSR count). The molecule has 2 aromatic heterocycles. The molecule has 1 amide bonds. The fraction of sp³-hybridized carbons (Fsp3) is 0.462. The summed E-state index contributed by atoms with van der Waals surface area (Å²) in [5.41, 5.74) is 1.37. The maximum absolute atomic E-state index is 11.8. The summed E-state index contributed by atoms with van der Waals surface area (Å²) in [6.45, 7) is 2.65. The molecule has 0 saturated carbocycles. The molecule has 2 heterocycles. The Balaban J connectivity index is 2.45. The van der Waals surface area contributed by atoms with Gasteiger partial charge in [0.2, 0.25) is 11.8 Å². The average molecular weight is 297 g/mol. The number of rotatable bonds is 6. The number of hydrogen-bond acceptors (Lipinski definition) is 4. The van der Waals surface area contributed by atoms with Crippen LogP contribution < -0.4 is 10.1 Å². The minimum Gasteiger partial charge on any atom is -0.481 e. The molecule has 2 aromatic rings. The van der Waals surface area contributed by atoms with E-state index in [4.69, 9.17) is 16.3 Å². The third kappa shape index (κ3) is 3.01. The van der Waals surface area contributed by atoms with Gasteiger partial charge in [-0.3, -0.25) is 4.79 Å². The number of aryl methyl sites for hydroxylation is 1. The van der Waals surface area contributed by atoms with E-state index in [2.05, 4.69) is 15.3 Å². The average Bonchev–Trinajstić information content (AvgIpc) is 2.77. The van der Waals surface area contributed by atoms with Crippen LogP contribution in [0.5, 0.6) is 5.88 Å². The second-order valence-electron chi connectivity index (χ2n) is 4.20. The van der Waals surface area contributed by atoms with Crippen LogP contribution in [0, 0.1) is 0 Å². The number of fused-ring (bicyclic) bond motifs is 1. The molecule has 0 atom stereocenters. The molecule has 108 valence electrons. The number of aromatic nitrogens is 3. The minimum absolute atomic E-state index is 0.0766. The van der Waals surface area contributed by atoms with E-state index in [1.54, 1.807) is 17.7 Å². The zero-order chi connectivity index (χ0) is 14.5. The number of ether oxygens (including phenoxy) is 1. The number of imidazole rings is 1. The highest BCUT2D eigenvalue weighted by molar-refractivity contribution is 6.17. The van der Waals surface area contributed by atoms with Crippen LogP contribution in [0.15, 0.2) is 12.1 Å². The van der Waals surface area contributed by atoms with Gasteiger partial charge in [-0.1, -0.05) is 0 Å². The first-order valence-electron chi connectivity index (χ1n) is 6.42. The number of halogens is 1. The van der Waals surface area contributed by atoms with E-state index in [-0.39, 0.29) is 12.5 Å². The van der Waals surface area contributed by atoms with Gasteiger partial charge in [-0.2, -0.15) is 4.98 Å². The molecule has 6 nitrogen and oxygen atoms in total. The van der Waals surface area contributed by atoms with Crippen molar-refractivity contribution < 1.29 is 9.53 Å². The Morgan fingerprint density at radius 2 is 2.25 bits per heavy atom. The van der Waals surface area contributed by atoms with Crippen LogP contribution >= 0.6 is 11.6 Å². The van der Waals surface area contributed by atoms with Gasteiger partial charge < -0.3 is 14.6 Å². The summed E-state index contributed by atoms with van der Waals surface area (Å²) in [7, 11) is 1.55. The van der Waals surface area contributed by atoms with Crippen molar-refractivity contribution in [1.82, 2.24) is 19.9 Å². The highest BCUT2D eigenvalue weighted by Crippen LogP contribution is 2.18. The van der Waals surface area contributed by atoms with Gasteiger partial charge in [0.15, 0.2) is 5.65 Å². The van der Waals surface area contributed by atoms with E-state index in [1.807, 2.05) is 13.0 Å². The van der Waals surface area contributed by atoms with E-state index < -0.39 is 0 Å². The third-order valence-electron chi connectivity index (χ3n) is 2.85. The summed E-state index contributed by atoms with van der Waals surface area (Å²) in [6, 6.07) is 3.57. The van der Waals surface area contributed by atoms with Gasteiger partial charge in [-0.25, -0.2) is 4.98 Å². The molecule has 0 fully saturated rings. The van der Waals surface area contributed by atoms with Crippen molar-refractivity contribution in [2.45, 2.75) is 19.9 Å². The highest BCUT2D eigenvalue weighted by Gasteiger charge is 2.15. The molecule has 0 spiro atoms. The van der Waals surface area contributed by atoms with E-state index in [0.717, 1.165) is 11.3 Å². The van der Waals surface area contributed by atoms with Gasteiger partial charge in [-0.15, -0.1) is 11.6 Å². The number of pyridine rings is 1. The summed E-state index contributed by atoms with van der Waals surface area (Å²) in [6.07, 6.45) is 0.583. The number of alkyl halides is 1. The molecular weight excluding hydrogens is 280 g/mol. The predicted octanol–water partition coefficient (Wildman–Crippen LogP) is 1.36. The van der Waals surface area contributed by atoms with Crippen LogP contribution in [0.25, 0.3) is 11.2 Å². The second kappa shape index (κ2) is 6.56. The van der Waals surface area contributed by atoms with Crippen molar-refractivity contribution in [2.24, 2.45) is 0 Å². The Hall–Kier alpha value is -1.82. The summed E-state index contributed by atoms with van der Waals surface area (Å²) in [5, 5.41) is 2.77. The Morgan fingerprint density at radius 3 is 2.90 bits per heavy atom. The van der Waals surface area contributed by atoms with Crippen LogP contribution in [0.3, 0.4) is 0 Å². The number of likely N-dealkylation sites (N-methyl/N-ethyl adjacent to an activating group) is 1. The van der Waals surface area contributed by atoms with Crippen molar-refractivity contribution in [2.75, 3.05) is 19.5 Å². The molecular formula is C13H17ClN4O2. The van der Waals surface area contributed by atoms with Gasteiger partial charge in [0, 0.05) is 24.9 Å². The lowest BCUT2D eigenvalue weighted by Crippen LogP contribution is -2.28. The van der Waals surface area contributed by atoms with Crippen molar-refractivity contribution in [3.05, 3.63) is 18.0 Å². The summed E-state index contributed by atoms with van der Waals surface area (Å²) < 4.78 is 6.90. The first-order chi connectivity index (χ1) is 9.69. The largest absolute Gasteiger partial charge is 0.481 e. The molecule has 1 N–H and O–H groups in total. The van der Waals surface area contributed by atoms with Gasteiger partial charge >= 0.3 is 0 Å². The molecule has 0 radical (unpaired) electrons. The van der Waals surface area contributed by atoms with Crippen LogP contribution in [0.2, 0.25) is 0 Å². The van der Waals surface area contributed by atoms with Gasteiger partial charge in [0.25, 0.3) is 0 Å². The minimum atomic E-state index is -0.0766. The Bertz CT molecular complexity index is 612. The number of nitrogens with one attached hydrogen (secondary N) is 1.